The number of rotatable bonds is 4. The summed E-state index contributed by atoms with van der Waals surface area (Å²) in [5.41, 5.74) is 5.81. The van der Waals surface area contributed by atoms with Gasteiger partial charge in [0.1, 0.15) is 11.6 Å². The third-order valence-electron chi connectivity index (χ3n) is 1.92. The summed E-state index contributed by atoms with van der Waals surface area (Å²) in [6.45, 7) is 1.81. The summed E-state index contributed by atoms with van der Waals surface area (Å²) in [6, 6.07) is 2.90. The molecule has 0 spiro atoms. The molecule has 17 heavy (non-hydrogen) atoms. The van der Waals surface area contributed by atoms with Crippen LogP contribution in [0, 0.1) is 11.6 Å². The van der Waals surface area contributed by atoms with Crippen LogP contribution in [0.1, 0.15) is 18.9 Å². The number of benzene rings is 1. The van der Waals surface area contributed by atoms with Gasteiger partial charge in [-0.25, -0.2) is 8.78 Å². The second-order valence-electron chi connectivity index (χ2n) is 3.74. The van der Waals surface area contributed by atoms with E-state index in [0.29, 0.717) is 5.56 Å². The lowest BCUT2D eigenvalue weighted by atomic mass is 10.2. The maximum absolute atomic E-state index is 12.8. The van der Waals surface area contributed by atoms with Crippen LogP contribution in [0.4, 0.5) is 8.78 Å². The fourth-order valence-corrected chi connectivity index (χ4v) is 1.28. The minimum Gasteiger partial charge on any atom is -0.352 e. The SMILES string of the molecule is CC(N)CC(=O)NCc1cc(F)cc(F)c1.Cl. The summed E-state index contributed by atoms with van der Waals surface area (Å²) in [4.78, 5) is 11.2. The maximum atomic E-state index is 12.8. The number of carbonyl (C=O) groups is 1. The lowest BCUT2D eigenvalue weighted by molar-refractivity contribution is -0.121. The van der Waals surface area contributed by atoms with Gasteiger partial charge >= 0.3 is 0 Å². The first-order chi connectivity index (χ1) is 7.47. The first-order valence-corrected chi connectivity index (χ1v) is 4.94. The number of hydrogen-bond donors (Lipinski definition) is 2. The van der Waals surface area contributed by atoms with Crippen LogP contribution in [0.5, 0.6) is 0 Å². The molecule has 0 aromatic heterocycles. The van der Waals surface area contributed by atoms with E-state index in [9.17, 15) is 13.6 Å². The van der Waals surface area contributed by atoms with Crippen molar-refractivity contribution in [2.24, 2.45) is 5.73 Å². The molecule has 3 N–H and O–H groups in total. The molecule has 0 fully saturated rings. The number of carbonyl (C=O) groups excluding carboxylic acids is 1. The second-order valence-corrected chi connectivity index (χ2v) is 3.74. The molecule has 1 atom stereocenters. The van der Waals surface area contributed by atoms with E-state index in [-0.39, 0.29) is 37.3 Å². The minimum absolute atomic E-state index is 0. The van der Waals surface area contributed by atoms with Crippen LogP contribution in [0.15, 0.2) is 18.2 Å². The number of halogens is 3. The van der Waals surface area contributed by atoms with Crippen LogP contribution >= 0.6 is 12.4 Å². The third kappa shape index (κ3) is 6.19. The smallest absolute Gasteiger partial charge is 0.221 e. The normalized spacial score (nSPS) is 11.5. The van der Waals surface area contributed by atoms with Crippen molar-refractivity contribution < 1.29 is 13.6 Å². The lowest BCUT2D eigenvalue weighted by Gasteiger charge is -2.07. The van der Waals surface area contributed by atoms with Gasteiger partial charge in [0, 0.05) is 25.1 Å². The van der Waals surface area contributed by atoms with E-state index in [4.69, 9.17) is 5.73 Å². The summed E-state index contributed by atoms with van der Waals surface area (Å²) < 4.78 is 25.6. The molecule has 1 aromatic rings. The molecule has 1 aromatic carbocycles. The van der Waals surface area contributed by atoms with Crippen LogP contribution < -0.4 is 11.1 Å². The fraction of sp³-hybridized carbons (Fsp3) is 0.364. The largest absolute Gasteiger partial charge is 0.352 e. The van der Waals surface area contributed by atoms with Gasteiger partial charge in [0.25, 0.3) is 0 Å². The van der Waals surface area contributed by atoms with Crippen LogP contribution in [0.25, 0.3) is 0 Å². The molecule has 0 aliphatic heterocycles. The zero-order chi connectivity index (χ0) is 12.1. The number of amides is 1. The van der Waals surface area contributed by atoms with Crippen molar-refractivity contribution in [3.63, 3.8) is 0 Å². The highest BCUT2D eigenvalue weighted by Crippen LogP contribution is 2.07. The zero-order valence-electron chi connectivity index (χ0n) is 9.37. The van der Waals surface area contributed by atoms with Gasteiger partial charge in [-0.05, 0) is 24.6 Å². The molecule has 0 saturated carbocycles. The summed E-state index contributed by atoms with van der Waals surface area (Å²) in [7, 11) is 0. The van der Waals surface area contributed by atoms with Crippen molar-refractivity contribution in [3.8, 4) is 0 Å². The van der Waals surface area contributed by atoms with E-state index in [2.05, 4.69) is 5.32 Å². The molecule has 0 saturated heterocycles. The van der Waals surface area contributed by atoms with Gasteiger partial charge in [0.2, 0.25) is 5.91 Å². The summed E-state index contributed by atoms with van der Waals surface area (Å²) in [5.74, 6) is -1.55. The van der Waals surface area contributed by atoms with E-state index in [1.54, 1.807) is 6.92 Å². The van der Waals surface area contributed by atoms with E-state index in [0.717, 1.165) is 6.07 Å². The quantitative estimate of drug-likeness (QED) is 0.870. The van der Waals surface area contributed by atoms with Gasteiger partial charge in [-0.3, -0.25) is 4.79 Å². The van der Waals surface area contributed by atoms with Gasteiger partial charge in [-0.2, -0.15) is 0 Å². The van der Waals surface area contributed by atoms with Crippen molar-refractivity contribution in [2.75, 3.05) is 0 Å². The van der Waals surface area contributed by atoms with Crippen molar-refractivity contribution in [1.82, 2.24) is 5.32 Å². The third-order valence-corrected chi connectivity index (χ3v) is 1.92. The van der Waals surface area contributed by atoms with E-state index < -0.39 is 11.6 Å². The van der Waals surface area contributed by atoms with Gasteiger partial charge in [0.15, 0.2) is 0 Å². The highest BCUT2D eigenvalue weighted by molar-refractivity contribution is 5.85. The Bertz CT molecular complexity index is 365. The molecule has 6 heteroatoms. The number of nitrogens with one attached hydrogen (secondary N) is 1. The van der Waals surface area contributed by atoms with Gasteiger partial charge in [-0.15, -0.1) is 12.4 Å². The fourth-order valence-electron chi connectivity index (χ4n) is 1.28. The van der Waals surface area contributed by atoms with Gasteiger partial charge in [0.05, 0.1) is 0 Å². The molecule has 1 amide bonds. The molecule has 0 heterocycles. The maximum Gasteiger partial charge on any atom is 0.221 e. The molecule has 0 bridgehead atoms. The Kier molecular flexibility index (Phi) is 6.68. The number of nitrogens with two attached hydrogens (primary N) is 1. The average Bonchev–Trinajstić information content (AvgIpc) is 2.12. The van der Waals surface area contributed by atoms with E-state index >= 15 is 0 Å². The van der Waals surface area contributed by atoms with Crippen LogP contribution in [-0.2, 0) is 11.3 Å². The Labute approximate surface area is 105 Å². The van der Waals surface area contributed by atoms with E-state index in [1.807, 2.05) is 0 Å². The summed E-state index contributed by atoms with van der Waals surface area (Å²) >= 11 is 0. The van der Waals surface area contributed by atoms with Gasteiger partial charge < -0.3 is 11.1 Å². The van der Waals surface area contributed by atoms with Crippen molar-refractivity contribution in [3.05, 3.63) is 35.4 Å². The number of hydrogen-bond acceptors (Lipinski definition) is 2. The molecule has 0 aliphatic carbocycles. The Morgan fingerprint density at radius 2 is 1.88 bits per heavy atom. The second kappa shape index (κ2) is 7.19. The molecule has 0 radical (unpaired) electrons. The predicted molar refractivity (Wildman–Crippen MR) is 63.7 cm³/mol. The Balaban J connectivity index is 0.00000256. The molecule has 3 nitrogen and oxygen atoms in total. The average molecular weight is 265 g/mol. The first kappa shape index (κ1) is 15.8. The first-order valence-electron chi connectivity index (χ1n) is 4.94. The zero-order valence-corrected chi connectivity index (χ0v) is 10.2. The minimum atomic E-state index is -0.656. The van der Waals surface area contributed by atoms with Crippen LogP contribution in [-0.4, -0.2) is 11.9 Å². The monoisotopic (exact) mass is 264 g/mol. The van der Waals surface area contributed by atoms with Crippen molar-refractivity contribution >= 4 is 18.3 Å². The van der Waals surface area contributed by atoms with Gasteiger partial charge in [-0.1, -0.05) is 0 Å². The summed E-state index contributed by atoms with van der Waals surface area (Å²) in [5, 5.41) is 2.53. The lowest BCUT2D eigenvalue weighted by Crippen LogP contribution is -2.29. The highest BCUT2D eigenvalue weighted by Gasteiger charge is 2.05. The summed E-state index contributed by atoms with van der Waals surface area (Å²) in [6.07, 6.45) is 0.192. The molecule has 0 aliphatic rings. The highest BCUT2D eigenvalue weighted by atomic mass is 35.5. The molecule has 1 unspecified atom stereocenters. The van der Waals surface area contributed by atoms with Crippen LogP contribution in [0.2, 0.25) is 0 Å². The van der Waals surface area contributed by atoms with Crippen LogP contribution in [0.3, 0.4) is 0 Å². The molecular weight excluding hydrogens is 250 g/mol. The predicted octanol–water partition coefficient (Wildman–Crippen LogP) is 1.74. The molecule has 96 valence electrons. The Morgan fingerprint density at radius 1 is 1.35 bits per heavy atom. The standard InChI is InChI=1S/C11H14F2N2O.ClH/c1-7(14)2-11(16)15-6-8-3-9(12)5-10(13)4-8;/h3-5,7H,2,6,14H2,1H3,(H,15,16);1H. The Hall–Kier alpha value is -1.20. The van der Waals surface area contributed by atoms with Crippen molar-refractivity contribution in [1.29, 1.82) is 0 Å². The topological polar surface area (TPSA) is 55.1 Å². The van der Waals surface area contributed by atoms with Crippen molar-refractivity contribution in [2.45, 2.75) is 25.9 Å². The van der Waals surface area contributed by atoms with E-state index in [1.165, 1.54) is 12.1 Å². The molecular formula is C11H15ClF2N2O. The Morgan fingerprint density at radius 3 is 2.35 bits per heavy atom. The molecule has 1 rings (SSSR count).